The summed E-state index contributed by atoms with van der Waals surface area (Å²) in [5, 5.41) is 19.4. The molecule has 1 fully saturated rings. The molecule has 2 rings (SSSR count). The van der Waals surface area contributed by atoms with E-state index in [2.05, 4.69) is 35.4 Å². The van der Waals surface area contributed by atoms with Crippen LogP contribution in [0.3, 0.4) is 0 Å². The number of aliphatic hydroxyl groups excluding tert-OH is 1. The number of benzene rings is 1. The fraction of sp³-hybridized carbons (Fsp3) is 0.571. The van der Waals surface area contributed by atoms with Crippen LogP contribution in [0.4, 0.5) is 0 Å². The average molecular weight is 267 g/mol. The Bertz CT molecular complexity index is 399. The maximum absolute atomic E-state index is 10.2. The Hall–Kier alpha value is -0.550. The molecule has 1 atom stereocenters. The molecule has 1 heterocycles. The number of aliphatic hydroxyl groups is 2. The molecular formula is C14H21NO2S. The summed E-state index contributed by atoms with van der Waals surface area (Å²) in [5.74, 6) is 0. The van der Waals surface area contributed by atoms with Crippen molar-refractivity contribution in [3.8, 4) is 0 Å². The first-order valence-electron chi connectivity index (χ1n) is 6.34. The highest BCUT2D eigenvalue weighted by molar-refractivity contribution is 7.98. The zero-order valence-corrected chi connectivity index (χ0v) is 11.6. The van der Waals surface area contributed by atoms with Gasteiger partial charge in [-0.1, -0.05) is 18.2 Å². The number of thioether (sulfide) groups is 1. The lowest BCUT2D eigenvalue weighted by atomic mass is 9.93. The molecule has 0 radical (unpaired) electrons. The van der Waals surface area contributed by atoms with Gasteiger partial charge < -0.3 is 10.2 Å². The molecule has 0 saturated carbocycles. The van der Waals surface area contributed by atoms with Crippen LogP contribution in [0.15, 0.2) is 29.2 Å². The molecule has 2 N–H and O–H groups in total. The minimum absolute atomic E-state index is 0.145. The molecule has 0 spiro atoms. The van der Waals surface area contributed by atoms with Gasteiger partial charge in [0.2, 0.25) is 0 Å². The van der Waals surface area contributed by atoms with E-state index in [1.807, 2.05) is 0 Å². The van der Waals surface area contributed by atoms with E-state index < -0.39 is 5.60 Å². The normalized spacial score (nSPS) is 25.3. The highest BCUT2D eigenvalue weighted by atomic mass is 32.2. The number of hydrogen-bond acceptors (Lipinski definition) is 4. The number of β-amino-alcohol motifs (C(OH)–C–C–N with tert-alkyl or cyclic N) is 1. The van der Waals surface area contributed by atoms with E-state index in [-0.39, 0.29) is 6.61 Å². The van der Waals surface area contributed by atoms with Crippen LogP contribution in [0.25, 0.3) is 0 Å². The Kier molecular flexibility index (Phi) is 4.67. The monoisotopic (exact) mass is 267 g/mol. The quantitative estimate of drug-likeness (QED) is 0.815. The molecule has 100 valence electrons. The summed E-state index contributed by atoms with van der Waals surface area (Å²) in [6, 6.07) is 8.37. The van der Waals surface area contributed by atoms with Gasteiger partial charge in [0.1, 0.15) is 5.60 Å². The zero-order chi connectivity index (χ0) is 13.0. The lowest BCUT2D eigenvalue weighted by Crippen LogP contribution is -2.50. The molecule has 1 aromatic rings. The van der Waals surface area contributed by atoms with Crippen molar-refractivity contribution in [1.29, 1.82) is 0 Å². The highest BCUT2D eigenvalue weighted by Crippen LogP contribution is 2.25. The van der Waals surface area contributed by atoms with Crippen molar-refractivity contribution in [3.05, 3.63) is 29.8 Å². The summed E-state index contributed by atoms with van der Waals surface area (Å²) in [6.07, 6.45) is 3.72. The lowest BCUT2D eigenvalue weighted by Gasteiger charge is -2.38. The van der Waals surface area contributed by atoms with Crippen LogP contribution < -0.4 is 0 Å². The molecule has 18 heavy (non-hydrogen) atoms. The predicted molar refractivity (Wildman–Crippen MR) is 74.8 cm³/mol. The van der Waals surface area contributed by atoms with E-state index in [0.29, 0.717) is 13.0 Å². The van der Waals surface area contributed by atoms with Gasteiger partial charge in [-0.3, -0.25) is 4.90 Å². The largest absolute Gasteiger partial charge is 0.393 e. The minimum Gasteiger partial charge on any atom is -0.393 e. The minimum atomic E-state index is -0.910. The zero-order valence-electron chi connectivity index (χ0n) is 10.8. The smallest absolute Gasteiger partial charge is 0.100 e. The van der Waals surface area contributed by atoms with Crippen LogP contribution in [-0.4, -0.2) is 46.7 Å². The highest BCUT2D eigenvalue weighted by Gasteiger charge is 2.32. The van der Waals surface area contributed by atoms with Crippen molar-refractivity contribution in [2.75, 3.05) is 26.0 Å². The van der Waals surface area contributed by atoms with E-state index in [0.717, 1.165) is 19.5 Å². The molecule has 3 nitrogen and oxygen atoms in total. The average Bonchev–Trinajstić information content (AvgIpc) is 2.39. The third-order valence-electron chi connectivity index (χ3n) is 3.52. The third-order valence-corrected chi connectivity index (χ3v) is 4.35. The Morgan fingerprint density at radius 1 is 1.39 bits per heavy atom. The van der Waals surface area contributed by atoms with E-state index in [4.69, 9.17) is 0 Å². The van der Waals surface area contributed by atoms with E-state index in [1.165, 1.54) is 10.5 Å². The first kappa shape index (κ1) is 13.9. The second kappa shape index (κ2) is 6.06. The summed E-state index contributed by atoms with van der Waals surface area (Å²) >= 11 is 1.75. The number of hydrogen-bond donors (Lipinski definition) is 2. The molecule has 1 aliphatic heterocycles. The number of rotatable bonds is 4. The molecule has 1 unspecified atom stereocenters. The molecule has 4 heteroatoms. The van der Waals surface area contributed by atoms with Gasteiger partial charge in [0.05, 0.1) is 6.61 Å². The lowest BCUT2D eigenvalue weighted by molar-refractivity contribution is -0.0688. The van der Waals surface area contributed by atoms with Gasteiger partial charge in [-0.15, -0.1) is 11.8 Å². The second-order valence-corrected chi connectivity index (χ2v) is 5.86. The summed E-state index contributed by atoms with van der Waals surface area (Å²) in [5.41, 5.74) is 0.388. The molecule has 1 aliphatic rings. The van der Waals surface area contributed by atoms with Crippen LogP contribution in [0.2, 0.25) is 0 Å². The van der Waals surface area contributed by atoms with Gasteiger partial charge in [-0.05, 0) is 37.3 Å². The molecule has 1 saturated heterocycles. The van der Waals surface area contributed by atoms with Gasteiger partial charge in [0, 0.05) is 18.0 Å². The fourth-order valence-corrected chi connectivity index (χ4v) is 3.15. The van der Waals surface area contributed by atoms with Crippen LogP contribution in [0.5, 0.6) is 0 Å². The van der Waals surface area contributed by atoms with Crippen molar-refractivity contribution in [2.45, 2.75) is 29.9 Å². The summed E-state index contributed by atoms with van der Waals surface area (Å²) in [4.78, 5) is 3.52. The second-order valence-electron chi connectivity index (χ2n) is 5.01. The number of likely N-dealkylation sites (tertiary alicyclic amines) is 1. The van der Waals surface area contributed by atoms with Crippen molar-refractivity contribution in [1.82, 2.24) is 4.90 Å². The third kappa shape index (κ3) is 3.26. The summed E-state index contributed by atoms with van der Waals surface area (Å²) in [7, 11) is 0. The van der Waals surface area contributed by atoms with Crippen LogP contribution in [0, 0.1) is 0 Å². The van der Waals surface area contributed by atoms with E-state index in [1.54, 1.807) is 11.8 Å². The van der Waals surface area contributed by atoms with E-state index >= 15 is 0 Å². The molecule has 0 bridgehead atoms. The predicted octanol–water partition coefficient (Wildman–Crippen LogP) is 1.73. The Morgan fingerprint density at radius 3 is 2.89 bits per heavy atom. The van der Waals surface area contributed by atoms with Crippen molar-refractivity contribution in [2.24, 2.45) is 0 Å². The number of piperidine rings is 1. The Morgan fingerprint density at radius 2 is 2.17 bits per heavy atom. The molecule has 0 aliphatic carbocycles. The molecule has 1 aromatic carbocycles. The fourth-order valence-electron chi connectivity index (χ4n) is 2.54. The van der Waals surface area contributed by atoms with E-state index in [9.17, 15) is 10.2 Å². The van der Waals surface area contributed by atoms with Gasteiger partial charge in [-0.2, -0.15) is 0 Å². The SMILES string of the molecule is CSc1ccccc1CN1CCCC(O)(CO)C1. The first-order chi connectivity index (χ1) is 8.67. The molecule has 0 aromatic heterocycles. The summed E-state index contributed by atoms with van der Waals surface area (Å²) in [6.45, 7) is 2.25. The van der Waals surface area contributed by atoms with Crippen molar-refractivity contribution < 1.29 is 10.2 Å². The van der Waals surface area contributed by atoms with Crippen molar-refractivity contribution in [3.63, 3.8) is 0 Å². The van der Waals surface area contributed by atoms with Crippen LogP contribution >= 0.6 is 11.8 Å². The Labute approximate surface area is 113 Å². The molecule has 0 amide bonds. The standard InChI is InChI=1S/C14H21NO2S/c1-18-13-6-3-2-5-12(13)9-15-8-4-7-14(17,10-15)11-16/h2-3,5-6,16-17H,4,7-11H2,1H3. The van der Waals surface area contributed by atoms with Crippen molar-refractivity contribution >= 4 is 11.8 Å². The molecular weight excluding hydrogens is 246 g/mol. The van der Waals surface area contributed by atoms with Gasteiger partial charge in [0.15, 0.2) is 0 Å². The maximum atomic E-state index is 10.2. The Balaban J connectivity index is 2.05. The van der Waals surface area contributed by atoms with Gasteiger partial charge in [-0.25, -0.2) is 0 Å². The van der Waals surface area contributed by atoms with Gasteiger partial charge >= 0.3 is 0 Å². The number of nitrogens with zero attached hydrogens (tertiary/aromatic N) is 1. The first-order valence-corrected chi connectivity index (χ1v) is 7.57. The maximum Gasteiger partial charge on any atom is 0.100 e. The topological polar surface area (TPSA) is 43.7 Å². The summed E-state index contributed by atoms with van der Waals surface area (Å²) < 4.78 is 0. The van der Waals surface area contributed by atoms with Gasteiger partial charge in [0.25, 0.3) is 0 Å². The van der Waals surface area contributed by atoms with Crippen LogP contribution in [0.1, 0.15) is 18.4 Å². The van der Waals surface area contributed by atoms with Crippen LogP contribution in [-0.2, 0) is 6.54 Å².